The van der Waals surface area contributed by atoms with Crippen LogP contribution in [0.25, 0.3) is 0 Å². The molecule has 1 heterocycles. The monoisotopic (exact) mass is 263 g/mol. The first-order valence-electron chi connectivity index (χ1n) is 7.27. The molecule has 19 heavy (non-hydrogen) atoms. The van der Waals surface area contributed by atoms with E-state index >= 15 is 0 Å². The van der Waals surface area contributed by atoms with Crippen LogP contribution in [-0.2, 0) is 6.42 Å². The van der Waals surface area contributed by atoms with Gasteiger partial charge < -0.3 is 14.8 Å². The van der Waals surface area contributed by atoms with Crippen molar-refractivity contribution in [2.45, 2.75) is 45.6 Å². The van der Waals surface area contributed by atoms with E-state index < -0.39 is 0 Å². The predicted octanol–water partition coefficient (Wildman–Crippen LogP) is 3.17. The molecule has 1 aromatic carbocycles. The van der Waals surface area contributed by atoms with Crippen LogP contribution in [-0.4, -0.2) is 25.3 Å². The highest BCUT2D eigenvalue weighted by Crippen LogP contribution is 2.41. The lowest BCUT2D eigenvalue weighted by atomic mass is 10.0. The van der Waals surface area contributed by atoms with Crippen molar-refractivity contribution < 1.29 is 9.47 Å². The maximum Gasteiger partial charge on any atom is 0.165 e. The largest absolute Gasteiger partial charge is 0.490 e. The first-order valence-corrected chi connectivity index (χ1v) is 7.27. The molecule has 1 aliphatic rings. The Morgan fingerprint density at radius 1 is 1.32 bits per heavy atom. The molecule has 0 amide bonds. The molecular formula is C16H25NO2. The molecule has 0 fully saturated rings. The molecule has 1 aromatic rings. The third-order valence-electron chi connectivity index (χ3n) is 3.24. The molecule has 3 nitrogen and oxygen atoms in total. The number of nitrogens with one attached hydrogen (secondary N) is 1. The van der Waals surface area contributed by atoms with Gasteiger partial charge in [0.25, 0.3) is 0 Å². The van der Waals surface area contributed by atoms with Crippen molar-refractivity contribution in [3.05, 3.63) is 23.8 Å². The first kappa shape index (κ1) is 14.2. The highest BCUT2D eigenvalue weighted by atomic mass is 16.5. The molecule has 106 valence electrons. The van der Waals surface area contributed by atoms with Gasteiger partial charge in [-0.15, -0.1) is 0 Å². The predicted molar refractivity (Wildman–Crippen MR) is 78.1 cm³/mol. The molecule has 2 rings (SSSR count). The lowest BCUT2D eigenvalue weighted by Gasteiger charge is -2.18. The van der Waals surface area contributed by atoms with Crippen LogP contribution in [0.2, 0.25) is 0 Å². The summed E-state index contributed by atoms with van der Waals surface area (Å²) in [6.45, 7) is 9.23. The van der Waals surface area contributed by atoms with Gasteiger partial charge in [-0.25, -0.2) is 0 Å². The summed E-state index contributed by atoms with van der Waals surface area (Å²) in [5.74, 6) is 1.83. The van der Waals surface area contributed by atoms with Gasteiger partial charge in [-0.1, -0.05) is 19.1 Å². The molecule has 0 bridgehead atoms. The highest BCUT2D eigenvalue weighted by molar-refractivity contribution is 5.50. The van der Waals surface area contributed by atoms with Gasteiger partial charge in [-0.3, -0.25) is 0 Å². The summed E-state index contributed by atoms with van der Waals surface area (Å²) in [7, 11) is 0. The van der Waals surface area contributed by atoms with E-state index in [1.54, 1.807) is 0 Å². The summed E-state index contributed by atoms with van der Waals surface area (Å²) in [6, 6.07) is 6.17. The van der Waals surface area contributed by atoms with Crippen molar-refractivity contribution >= 4 is 0 Å². The second-order valence-corrected chi connectivity index (χ2v) is 5.73. The molecule has 1 aliphatic heterocycles. The van der Waals surface area contributed by atoms with Gasteiger partial charge in [-0.05, 0) is 45.8 Å². The van der Waals surface area contributed by atoms with Gasteiger partial charge in [0.05, 0.1) is 6.61 Å². The van der Waals surface area contributed by atoms with Gasteiger partial charge in [0.1, 0.15) is 5.60 Å². The molecule has 0 radical (unpaired) electrons. The van der Waals surface area contributed by atoms with Gasteiger partial charge in [-0.2, -0.15) is 0 Å². The van der Waals surface area contributed by atoms with E-state index in [1.165, 1.54) is 12.0 Å². The number of hydrogen-bond donors (Lipinski definition) is 1. The van der Waals surface area contributed by atoms with E-state index in [-0.39, 0.29) is 5.60 Å². The number of para-hydroxylation sites is 1. The van der Waals surface area contributed by atoms with Crippen molar-refractivity contribution in [1.82, 2.24) is 5.32 Å². The number of ether oxygens (including phenoxy) is 2. The van der Waals surface area contributed by atoms with Crippen LogP contribution < -0.4 is 14.8 Å². The Morgan fingerprint density at radius 2 is 2.16 bits per heavy atom. The summed E-state index contributed by atoms with van der Waals surface area (Å²) >= 11 is 0. The second-order valence-electron chi connectivity index (χ2n) is 5.73. The topological polar surface area (TPSA) is 30.5 Å². The Bertz CT molecular complexity index is 415. The van der Waals surface area contributed by atoms with Crippen molar-refractivity contribution in [2.24, 2.45) is 0 Å². The third kappa shape index (κ3) is 3.87. The molecule has 0 unspecified atom stereocenters. The summed E-state index contributed by atoms with van der Waals surface area (Å²) in [5.41, 5.74) is 1.15. The van der Waals surface area contributed by atoms with Crippen LogP contribution in [0, 0.1) is 0 Å². The minimum Gasteiger partial charge on any atom is -0.490 e. The zero-order valence-electron chi connectivity index (χ0n) is 12.3. The second kappa shape index (κ2) is 6.29. The molecule has 0 aliphatic carbocycles. The zero-order valence-corrected chi connectivity index (χ0v) is 12.3. The number of rotatable bonds is 7. The zero-order chi connectivity index (χ0) is 13.7. The van der Waals surface area contributed by atoms with Crippen LogP contribution in [0.1, 0.15) is 39.2 Å². The van der Waals surface area contributed by atoms with Crippen LogP contribution in [0.15, 0.2) is 18.2 Å². The number of benzene rings is 1. The molecule has 0 saturated heterocycles. The average Bonchev–Trinajstić information content (AvgIpc) is 2.68. The Morgan fingerprint density at radius 3 is 2.95 bits per heavy atom. The third-order valence-corrected chi connectivity index (χ3v) is 3.24. The van der Waals surface area contributed by atoms with Crippen LogP contribution in [0.3, 0.4) is 0 Å². The van der Waals surface area contributed by atoms with Gasteiger partial charge in [0, 0.05) is 12.0 Å². The summed E-state index contributed by atoms with van der Waals surface area (Å²) in [4.78, 5) is 0. The highest BCUT2D eigenvalue weighted by Gasteiger charge is 2.32. The standard InChI is InChI=1S/C16H25NO2/c1-4-9-17-10-6-11-18-14-8-5-7-13-12-16(2,3)19-15(13)14/h5,7-8,17H,4,6,9-12H2,1-3H3. The van der Waals surface area contributed by atoms with E-state index in [4.69, 9.17) is 9.47 Å². The van der Waals surface area contributed by atoms with Gasteiger partial charge >= 0.3 is 0 Å². The fourth-order valence-corrected chi connectivity index (χ4v) is 2.38. The normalized spacial score (nSPS) is 15.9. The van der Waals surface area contributed by atoms with Crippen LogP contribution >= 0.6 is 0 Å². The van der Waals surface area contributed by atoms with Crippen molar-refractivity contribution in [3.63, 3.8) is 0 Å². The Hall–Kier alpha value is -1.22. The SMILES string of the molecule is CCCNCCCOc1cccc2c1OC(C)(C)C2. The number of hydrogen-bond acceptors (Lipinski definition) is 3. The molecule has 0 aromatic heterocycles. The van der Waals surface area contributed by atoms with Gasteiger partial charge in [0.15, 0.2) is 11.5 Å². The van der Waals surface area contributed by atoms with E-state index in [1.807, 2.05) is 12.1 Å². The fraction of sp³-hybridized carbons (Fsp3) is 0.625. The molecule has 0 saturated carbocycles. The van der Waals surface area contributed by atoms with Crippen molar-refractivity contribution in [1.29, 1.82) is 0 Å². The van der Waals surface area contributed by atoms with E-state index in [0.29, 0.717) is 0 Å². The summed E-state index contributed by atoms with van der Waals surface area (Å²) in [6.07, 6.45) is 3.15. The van der Waals surface area contributed by atoms with Gasteiger partial charge in [0.2, 0.25) is 0 Å². The molecular weight excluding hydrogens is 238 g/mol. The minimum absolute atomic E-state index is 0.107. The average molecular weight is 263 g/mol. The van der Waals surface area contributed by atoms with Crippen molar-refractivity contribution in [2.75, 3.05) is 19.7 Å². The van der Waals surface area contributed by atoms with Crippen LogP contribution in [0.4, 0.5) is 0 Å². The smallest absolute Gasteiger partial charge is 0.165 e. The van der Waals surface area contributed by atoms with Crippen molar-refractivity contribution in [3.8, 4) is 11.5 Å². The first-order chi connectivity index (χ1) is 9.12. The Balaban J connectivity index is 1.84. The lowest BCUT2D eigenvalue weighted by molar-refractivity contribution is 0.132. The van der Waals surface area contributed by atoms with E-state index in [0.717, 1.165) is 44.0 Å². The quantitative estimate of drug-likeness (QED) is 0.766. The minimum atomic E-state index is -0.107. The molecule has 0 spiro atoms. The molecule has 1 N–H and O–H groups in total. The van der Waals surface area contributed by atoms with E-state index in [2.05, 4.69) is 32.2 Å². The maximum absolute atomic E-state index is 5.98. The molecule has 0 atom stereocenters. The maximum atomic E-state index is 5.98. The summed E-state index contributed by atoms with van der Waals surface area (Å²) in [5, 5.41) is 3.38. The Kier molecular flexibility index (Phi) is 4.70. The fourth-order valence-electron chi connectivity index (χ4n) is 2.38. The Labute approximate surface area is 116 Å². The lowest BCUT2D eigenvalue weighted by Crippen LogP contribution is -2.24. The van der Waals surface area contributed by atoms with Crippen LogP contribution in [0.5, 0.6) is 11.5 Å². The molecule has 3 heteroatoms. The number of fused-ring (bicyclic) bond motifs is 1. The van der Waals surface area contributed by atoms with E-state index in [9.17, 15) is 0 Å². The summed E-state index contributed by atoms with van der Waals surface area (Å²) < 4.78 is 11.8.